The van der Waals surface area contributed by atoms with Crippen LogP contribution in [0.3, 0.4) is 0 Å². The van der Waals surface area contributed by atoms with Gasteiger partial charge in [0.05, 0.1) is 10.7 Å². The quantitative estimate of drug-likeness (QED) is 0.582. The van der Waals surface area contributed by atoms with E-state index in [2.05, 4.69) is 26.1 Å². The van der Waals surface area contributed by atoms with E-state index in [1.54, 1.807) is 38.8 Å². The van der Waals surface area contributed by atoms with Gasteiger partial charge in [-0.2, -0.15) is 10.2 Å². The minimum atomic E-state index is -0.839. The molecule has 3 heterocycles. The third-order valence-corrected chi connectivity index (χ3v) is 5.25. The second kappa shape index (κ2) is 8.42. The third-order valence-electron chi connectivity index (χ3n) is 4.84. The lowest BCUT2D eigenvalue weighted by atomic mass is 10.1. The zero-order valence-corrected chi connectivity index (χ0v) is 17.1. The van der Waals surface area contributed by atoms with E-state index >= 15 is 0 Å². The molecule has 0 bridgehead atoms. The number of nitrogens with zero attached hydrogens (tertiary/aromatic N) is 6. The van der Waals surface area contributed by atoms with E-state index in [1.807, 2.05) is 11.1 Å². The largest absolute Gasteiger partial charge is 0.335 e. The number of amides is 1. The molecule has 1 aliphatic rings. The number of halogens is 3. The topological polar surface area (TPSA) is 59.2 Å². The fourth-order valence-corrected chi connectivity index (χ4v) is 3.63. The first-order valence-corrected chi connectivity index (χ1v) is 9.95. The van der Waals surface area contributed by atoms with Crippen LogP contribution in [-0.4, -0.2) is 61.4 Å². The van der Waals surface area contributed by atoms with E-state index < -0.39 is 11.6 Å². The number of hydrogen-bond acceptors (Lipinski definition) is 4. The minimum absolute atomic E-state index is 0.137. The molecule has 1 aliphatic heterocycles. The van der Waals surface area contributed by atoms with Crippen LogP contribution in [0.1, 0.15) is 16.1 Å². The van der Waals surface area contributed by atoms with Crippen molar-refractivity contribution in [1.29, 1.82) is 0 Å². The van der Waals surface area contributed by atoms with E-state index in [0.29, 0.717) is 50.6 Å². The fraction of sp³-hybridized carbons (Fsp3) is 0.316. The van der Waals surface area contributed by atoms with Crippen LogP contribution in [0.15, 0.2) is 47.3 Å². The van der Waals surface area contributed by atoms with Crippen molar-refractivity contribution in [2.24, 2.45) is 0 Å². The molecule has 0 atom stereocenters. The highest BCUT2D eigenvalue weighted by Crippen LogP contribution is 2.16. The molecule has 152 valence electrons. The van der Waals surface area contributed by atoms with Gasteiger partial charge in [0.1, 0.15) is 12.4 Å². The molecular weight excluding hydrogens is 446 g/mol. The van der Waals surface area contributed by atoms with Crippen molar-refractivity contribution >= 4 is 21.8 Å². The Morgan fingerprint density at radius 3 is 2.62 bits per heavy atom. The van der Waals surface area contributed by atoms with Gasteiger partial charge in [-0.25, -0.2) is 13.5 Å². The lowest BCUT2D eigenvalue weighted by molar-refractivity contribution is 0.0620. The Bertz CT molecular complexity index is 1010. The average molecular weight is 465 g/mol. The van der Waals surface area contributed by atoms with Crippen LogP contribution < -0.4 is 0 Å². The fourth-order valence-electron chi connectivity index (χ4n) is 3.30. The maximum Gasteiger partial charge on any atom is 0.274 e. The first-order chi connectivity index (χ1) is 14.0. The molecule has 0 saturated carbocycles. The molecule has 1 amide bonds. The van der Waals surface area contributed by atoms with Crippen LogP contribution in [0.4, 0.5) is 8.78 Å². The monoisotopic (exact) mass is 464 g/mol. The van der Waals surface area contributed by atoms with Gasteiger partial charge < -0.3 is 4.90 Å². The summed E-state index contributed by atoms with van der Waals surface area (Å²) in [5.74, 6) is -1.78. The van der Waals surface area contributed by atoms with Crippen molar-refractivity contribution in [3.8, 4) is 0 Å². The molecule has 0 aliphatic carbocycles. The number of carbonyl (C=O) groups excluding carboxylic acids is 1. The molecule has 1 saturated heterocycles. The second-order valence-corrected chi connectivity index (χ2v) is 7.78. The van der Waals surface area contributed by atoms with Crippen LogP contribution in [0.25, 0.3) is 0 Å². The molecule has 29 heavy (non-hydrogen) atoms. The van der Waals surface area contributed by atoms with Crippen molar-refractivity contribution in [3.05, 3.63) is 70.2 Å². The van der Waals surface area contributed by atoms with Crippen LogP contribution in [0, 0.1) is 11.6 Å². The highest BCUT2D eigenvalue weighted by Gasteiger charge is 2.24. The van der Waals surface area contributed by atoms with E-state index in [9.17, 15) is 13.6 Å². The number of aromatic nitrogens is 4. The lowest BCUT2D eigenvalue weighted by Crippen LogP contribution is -2.48. The van der Waals surface area contributed by atoms with Gasteiger partial charge in [0.25, 0.3) is 5.91 Å². The molecule has 2 aromatic heterocycles. The summed E-state index contributed by atoms with van der Waals surface area (Å²) in [7, 11) is 0. The standard InChI is InChI=1S/C19H19BrF2N6O/c20-15-10-23-28(12-15)13-27-5-4-17(24-27)19(29)26-8-6-25(7-9-26)11-14-2-1-3-16(21)18(14)22/h1-5,10,12H,6-9,11,13H2. The maximum absolute atomic E-state index is 13.9. The molecule has 1 aromatic carbocycles. The Hall–Kier alpha value is -2.59. The second-order valence-electron chi connectivity index (χ2n) is 6.86. The zero-order chi connectivity index (χ0) is 20.4. The Balaban J connectivity index is 1.32. The molecule has 0 N–H and O–H groups in total. The Kier molecular flexibility index (Phi) is 5.72. The summed E-state index contributed by atoms with van der Waals surface area (Å²) in [6.45, 7) is 2.92. The molecular formula is C19H19BrF2N6O. The van der Waals surface area contributed by atoms with Crippen LogP contribution in [-0.2, 0) is 13.2 Å². The lowest BCUT2D eigenvalue weighted by Gasteiger charge is -2.34. The number of hydrogen-bond donors (Lipinski definition) is 0. The summed E-state index contributed by atoms with van der Waals surface area (Å²) in [5.41, 5.74) is 0.703. The summed E-state index contributed by atoms with van der Waals surface area (Å²) in [5, 5.41) is 8.51. The van der Waals surface area contributed by atoms with E-state index in [4.69, 9.17) is 0 Å². The van der Waals surface area contributed by atoms with Crippen LogP contribution >= 0.6 is 15.9 Å². The average Bonchev–Trinajstić information content (AvgIpc) is 3.35. The van der Waals surface area contributed by atoms with Gasteiger partial charge in [0, 0.05) is 50.7 Å². The molecule has 0 spiro atoms. The van der Waals surface area contributed by atoms with Crippen molar-refractivity contribution in [2.75, 3.05) is 26.2 Å². The molecule has 0 unspecified atom stereocenters. The van der Waals surface area contributed by atoms with Gasteiger partial charge >= 0.3 is 0 Å². The Labute approximate surface area is 174 Å². The predicted octanol–water partition coefficient (Wildman–Crippen LogP) is 2.58. The van der Waals surface area contributed by atoms with Crippen LogP contribution in [0.2, 0.25) is 0 Å². The van der Waals surface area contributed by atoms with Gasteiger partial charge in [-0.05, 0) is 28.1 Å². The Morgan fingerprint density at radius 2 is 1.90 bits per heavy atom. The molecule has 3 aromatic rings. The minimum Gasteiger partial charge on any atom is -0.335 e. The van der Waals surface area contributed by atoms with E-state index in [-0.39, 0.29) is 5.91 Å². The van der Waals surface area contributed by atoms with Crippen molar-refractivity contribution in [2.45, 2.75) is 13.2 Å². The van der Waals surface area contributed by atoms with Crippen molar-refractivity contribution < 1.29 is 13.6 Å². The number of rotatable bonds is 5. The van der Waals surface area contributed by atoms with Crippen molar-refractivity contribution in [1.82, 2.24) is 29.4 Å². The summed E-state index contributed by atoms with van der Waals surface area (Å²) in [4.78, 5) is 16.5. The van der Waals surface area contributed by atoms with E-state index in [0.717, 1.165) is 10.5 Å². The van der Waals surface area contributed by atoms with Gasteiger partial charge in [-0.15, -0.1) is 0 Å². The van der Waals surface area contributed by atoms with Gasteiger partial charge in [0.15, 0.2) is 11.6 Å². The van der Waals surface area contributed by atoms with Crippen molar-refractivity contribution in [3.63, 3.8) is 0 Å². The summed E-state index contributed by atoms with van der Waals surface area (Å²) in [6, 6.07) is 5.89. The first-order valence-electron chi connectivity index (χ1n) is 9.15. The highest BCUT2D eigenvalue weighted by atomic mass is 79.9. The number of piperazine rings is 1. The molecule has 1 fully saturated rings. The molecule has 4 rings (SSSR count). The van der Waals surface area contributed by atoms with Crippen LogP contribution in [0.5, 0.6) is 0 Å². The summed E-state index contributed by atoms with van der Waals surface area (Å²) < 4.78 is 31.4. The smallest absolute Gasteiger partial charge is 0.274 e. The molecule has 7 nitrogen and oxygen atoms in total. The predicted molar refractivity (Wildman–Crippen MR) is 105 cm³/mol. The van der Waals surface area contributed by atoms with Gasteiger partial charge in [-0.1, -0.05) is 12.1 Å². The van der Waals surface area contributed by atoms with Gasteiger partial charge in [-0.3, -0.25) is 14.4 Å². The molecule has 0 radical (unpaired) electrons. The molecule has 10 heteroatoms. The van der Waals surface area contributed by atoms with Gasteiger partial charge in [0.2, 0.25) is 0 Å². The SMILES string of the molecule is O=C(c1ccn(Cn2cc(Br)cn2)n1)N1CCN(Cc2cccc(F)c2F)CC1. The summed E-state index contributed by atoms with van der Waals surface area (Å²) in [6.07, 6.45) is 5.25. The number of benzene rings is 1. The Morgan fingerprint density at radius 1 is 1.10 bits per heavy atom. The van der Waals surface area contributed by atoms with E-state index in [1.165, 1.54) is 6.07 Å². The highest BCUT2D eigenvalue weighted by molar-refractivity contribution is 9.10. The first kappa shape index (κ1) is 19.7. The number of carbonyl (C=O) groups is 1. The third kappa shape index (κ3) is 4.54. The maximum atomic E-state index is 13.9. The normalized spacial score (nSPS) is 15.1. The zero-order valence-electron chi connectivity index (χ0n) is 15.5. The summed E-state index contributed by atoms with van der Waals surface area (Å²) >= 11 is 3.34.